The molecule has 0 radical (unpaired) electrons. The van der Waals surface area contributed by atoms with Gasteiger partial charge in [0.05, 0.1) is 5.02 Å². The van der Waals surface area contributed by atoms with Crippen LogP contribution in [0.3, 0.4) is 0 Å². The van der Waals surface area contributed by atoms with Crippen LogP contribution in [-0.4, -0.2) is 52.8 Å². The van der Waals surface area contributed by atoms with Crippen molar-refractivity contribution in [1.29, 1.82) is 0 Å². The summed E-state index contributed by atoms with van der Waals surface area (Å²) in [6, 6.07) is 3.19. The zero-order chi connectivity index (χ0) is 18.8. The van der Waals surface area contributed by atoms with Crippen LogP contribution in [0.4, 0.5) is 4.39 Å². The van der Waals surface area contributed by atoms with E-state index in [0.29, 0.717) is 13.1 Å². The van der Waals surface area contributed by atoms with Crippen LogP contribution in [0.1, 0.15) is 23.3 Å². The Hall–Kier alpha value is -2.61. The Morgan fingerprint density at radius 1 is 1.46 bits per heavy atom. The molecule has 9 heteroatoms. The number of ether oxygens (including phenoxy) is 1. The van der Waals surface area contributed by atoms with Crippen molar-refractivity contribution in [2.75, 3.05) is 20.1 Å². The third-order valence-electron chi connectivity index (χ3n) is 4.15. The van der Waals surface area contributed by atoms with Crippen LogP contribution in [0.25, 0.3) is 0 Å². The summed E-state index contributed by atoms with van der Waals surface area (Å²) < 4.78 is 23.7. The van der Waals surface area contributed by atoms with Crippen LogP contribution in [0, 0.1) is 5.82 Å². The smallest absolute Gasteiger partial charge is 0.276 e. The lowest BCUT2D eigenvalue weighted by atomic mass is 10.1. The molecule has 1 fully saturated rings. The number of likely N-dealkylation sites (N-methyl/N-ethyl adjacent to an activating group) is 1. The standard InChI is InChI=1S/C17H17ClFN3O4/c1-10-16(23)21(2)5-6-22(10)17(24)13-8-26-15(20-13)9-25-14-4-3-11(19)7-12(14)18/h3-4,7-8,10H,5-6,9H2,1-2H3/t10-/m1/s1. The van der Waals surface area contributed by atoms with Gasteiger partial charge in [0.2, 0.25) is 11.8 Å². The van der Waals surface area contributed by atoms with Gasteiger partial charge in [-0.05, 0) is 25.1 Å². The molecule has 3 rings (SSSR count). The Labute approximate surface area is 154 Å². The average Bonchev–Trinajstić information content (AvgIpc) is 3.07. The molecular weight excluding hydrogens is 365 g/mol. The van der Waals surface area contributed by atoms with E-state index < -0.39 is 11.9 Å². The second-order valence-electron chi connectivity index (χ2n) is 5.92. The van der Waals surface area contributed by atoms with Crippen molar-refractivity contribution in [2.45, 2.75) is 19.6 Å². The lowest BCUT2D eigenvalue weighted by molar-refractivity contribution is -0.137. The van der Waals surface area contributed by atoms with Gasteiger partial charge in [0.15, 0.2) is 12.3 Å². The monoisotopic (exact) mass is 381 g/mol. The number of hydrogen-bond acceptors (Lipinski definition) is 5. The molecule has 0 unspecified atom stereocenters. The first-order valence-corrected chi connectivity index (χ1v) is 8.33. The highest BCUT2D eigenvalue weighted by molar-refractivity contribution is 6.32. The predicted octanol–water partition coefficient (Wildman–Crippen LogP) is 2.35. The molecule has 138 valence electrons. The number of rotatable bonds is 4. The van der Waals surface area contributed by atoms with Gasteiger partial charge in [-0.3, -0.25) is 9.59 Å². The Morgan fingerprint density at radius 3 is 2.96 bits per heavy atom. The molecule has 2 heterocycles. The quantitative estimate of drug-likeness (QED) is 0.812. The maximum absolute atomic E-state index is 13.0. The third-order valence-corrected chi connectivity index (χ3v) is 4.45. The summed E-state index contributed by atoms with van der Waals surface area (Å²) in [7, 11) is 1.70. The number of hydrogen-bond donors (Lipinski definition) is 0. The highest BCUT2D eigenvalue weighted by Crippen LogP contribution is 2.25. The van der Waals surface area contributed by atoms with Gasteiger partial charge in [0.25, 0.3) is 5.91 Å². The maximum Gasteiger partial charge on any atom is 0.276 e. The number of carbonyl (C=O) groups excluding carboxylic acids is 2. The average molecular weight is 382 g/mol. The number of amides is 2. The van der Waals surface area contributed by atoms with Crippen molar-refractivity contribution in [3.63, 3.8) is 0 Å². The molecular formula is C17H17ClFN3O4. The van der Waals surface area contributed by atoms with Gasteiger partial charge >= 0.3 is 0 Å². The van der Waals surface area contributed by atoms with E-state index in [9.17, 15) is 14.0 Å². The van der Waals surface area contributed by atoms with E-state index in [0.717, 1.165) is 6.07 Å². The Balaban J connectivity index is 1.65. The van der Waals surface area contributed by atoms with Gasteiger partial charge in [-0.1, -0.05) is 11.6 Å². The number of halogens is 2. The summed E-state index contributed by atoms with van der Waals surface area (Å²) >= 11 is 5.88. The summed E-state index contributed by atoms with van der Waals surface area (Å²) in [6.07, 6.45) is 1.23. The first-order valence-electron chi connectivity index (χ1n) is 7.95. The lowest BCUT2D eigenvalue weighted by Gasteiger charge is -2.36. The molecule has 1 saturated heterocycles. The minimum Gasteiger partial charge on any atom is -0.482 e. The number of benzene rings is 1. The van der Waals surface area contributed by atoms with Crippen molar-refractivity contribution in [2.24, 2.45) is 0 Å². The fourth-order valence-electron chi connectivity index (χ4n) is 2.65. The first-order chi connectivity index (χ1) is 12.4. The van der Waals surface area contributed by atoms with Crippen molar-refractivity contribution >= 4 is 23.4 Å². The van der Waals surface area contributed by atoms with Crippen molar-refractivity contribution in [3.05, 3.63) is 46.9 Å². The number of nitrogens with zero attached hydrogens (tertiary/aromatic N) is 3. The van der Waals surface area contributed by atoms with Crippen LogP contribution in [0.2, 0.25) is 5.02 Å². The molecule has 2 aromatic rings. The normalized spacial score (nSPS) is 17.5. The second-order valence-corrected chi connectivity index (χ2v) is 6.33. The minimum atomic E-state index is -0.560. The van der Waals surface area contributed by atoms with Crippen LogP contribution in [0.5, 0.6) is 5.75 Å². The van der Waals surface area contributed by atoms with E-state index >= 15 is 0 Å². The first kappa shape index (κ1) is 18.2. The molecule has 0 bridgehead atoms. The fourth-order valence-corrected chi connectivity index (χ4v) is 2.87. The summed E-state index contributed by atoms with van der Waals surface area (Å²) in [5, 5.41) is 0.123. The van der Waals surface area contributed by atoms with Crippen molar-refractivity contribution in [1.82, 2.24) is 14.8 Å². The van der Waals surface area contributed by atoms with E-state index in [1.54, 1.807) is 18.9 Å². The molecule has 7 nitrogen and oxygen atoms in total. The second kappa shape index (κ2) is 7.33. The zero-order valence-corrected chi connectivity index (χ0v) is 15.0. The molecule has 1 aliphatic heterocycles. The molecule has 0 saturated carbocycles. The van der Waals surface area contributed by atoms with Crippen molar-refractivity contribution in [3.8, 4) is 5.75 Å². The van der Waals surface area contributed by atoms with E-state index in [2.05, 4.69) is 4.98 Å². The molecule has 0 spiro atoms. The third kappa shape index (κ3) is 3.65. The highest BCUT2D eigenvalue weighted by atomic mass is 35.5. The van der Waals surface area contributed by atoms with Gasteiger partial charge in [0, 0.05) is 20.1 Å². The summed E-state index contributed by atoms with van der Waals surface area (Å²) in [4.78, 5) is 31.7. The van der Waals surface area contributed by atoms with E-state index in [1.165, 1.54) is 23.3 Å². The molecule has 1 aliphatic rings. The van der Waals surface area contributed by atoms with Crippen molar-refractivity contribution < 1.29 is 23.1 Å². The molecule has 0 aliphatic carbocycles. The topological polar surface area (TPSA) is 75.9 Å². The largest absolute Gasteiger partial charge is 0.482 e. The maximum atomic E-state index is 13.0. The highest BCUT2D eigenvalue weighted by Gasteiger charge is 2.34. The fraction of sp³-hybridized carbons (Fsp3) is 0.353. The van der Waals surface area contributed by atoms with Crippen LogP contribution in [-0.2, 0) is 11.4 Å². The van der Waals surface area contributed by atoms with E-state index in [-0.39, 0.29) is 40.8 Å². The molecule has 1 aromatic carbocycles. The van der Waals surface area contributed by atoms with E-state index in [4.69, 9.17) is 20.8 Å². The van der Waals surface area contributed by atoms with Crippen LogP contribution in [0.15, 0.2) is 28.9 Å². The number of piperazine rings is 1. The molecule has 1 aromatic heterocycles. The molecule has 26 heavy (non-hydrogen) atoms. The molecule has 1 atom stereocenters. The zero-order valence-electron chi connectivity index (χ0n) is 14.2. The summed E-state index contributed by atoms with van der Waals surface area (Å²) in [6.45, 7) is 2.49. The van der Waals surface area contributed by atoms with Gasteiger partial charge < -0.3 is 19.0 Å². The van der Waals surface area contributed by atoms with Gasteiger partial charge in [-0.15, -0.1) is 0 Å². The van der Waals surface area contributed by atoms with Gasteiger partial charge in [-0.2, -0.15) is 0 Å². The SMILES string of the molecule is C[C@@H]1C(=O)N(C)CCN1C(=O)c1coc(COc2ccc(F)cc2Cl)n1. The van der Waals surface area contributed by atoms with Crippen LogP contribution >= 0.6 is 11.6 Å². The van der Waals surface area contributed by atoms with Gasteiger partial charge in [0.1, 0.15) is 23.9 Å². The number of oxazole rings is 1. The predicted molar refractivity (Wildman–Crippen MR) is 90.4 cm³/mol. The van der Waals surface area contributed by atoms with Gasteiger partial charge in [-0.25, -0.2) is 9.37 Å². The Kier molecular flexibility index (Phi) is 5.13. The van der Waals surface area contributed by atoms with Crippen LogP contribution < -0.4 is 4.74 Å². The number of aromatic nitrogens is 1. The number of carbonyl (C=O) groups is 2. The Morgan fingerprint density at radius 2 is 2.23 bits per heavy atom. The Bertz CT molecular complexity index is 841. The lowest BCUT2D eigenvalue weighted by Crippen LogP contribution is -2.56. The molecule has 2 amide bonds. The van der Waals surface area contributed by atoms with E-state index in [1.807, 2.05) is 0 Å². The minimum absolute atomic E-state index is 0.0736. The molecule has 0 N–H and O–H groups in total. The summed E-state index contributed by atoms with van der Waals surface area (Å²) in [5.74, 6) is -0.530. The summed E-state index contributed by atoms with van der Waals surface area (Å²) in [5.41, 5.74) is 0.0954.